The molecule has 2 nitrogen and oxygen atoms in total. The third-order valence-electron chi connectivity index (χ3n) is 2.92. The Morgan fingerprint density at radius 1 is 1.07 bits per heavy atom. The maximum absolute atomic E-state index is 8.00. The fraction of sp³-hybridized carbons (Fsp3) is 0.385. The van der Waals surface area contributed by atoms with Crippen LogP contribution in [0, 0.1) is 0 Å². The van der Waals surface area contributed by atoms with Gasteiger partial charge in [-0.3, -0.25) is 0 Å². The van der Waals surface area contributed by atoms with E-state index in [1.54, 1.807) is 5.56 Å². The summed E-state index contributed by atoms with van der Waals surface area (Å²) in [5.41, 5.74) is 2.13. The van der Waals surface area contributed by atoms with Gasteiger partial charge in [0.15, 0.2) is 0 Å². The van der Waals surface area contributed by atoms with Crippen molar-refractivity contribution in [2.45, 2.75) is 31.6 Å². The molecule has 1 aliphatic rings. The molecule has 0 radical (unpaired) electrons. The number of carbonyl (C=O) groups is 2. The second-order valence-corrected chi connectivity index (χ2v) is 3.50. The molecule has 1 saturated carbocycles. The molecule has 0 aromatic heterocycles. The van der Waals surface area contributed by atoms with Crippen molar-refractivity contribution in [3.05, 3.63) is 35.9 Å². The van der Waals surface area contributed by atoms with Gasteiger partial charge in [-0.2, -0.15) is 0 Å². The van der Waals surface area contributed by atoms with Gasteiger partial charge in [0.05, 0.1) is 0 Å². The van der Waals surface area contributed by atoms with E-state index in [2.05, 4.69) is 37.3 Å². The molecule has 0 N–H and O–H groups in total. The van der Waals surface area contributed by atoms with Crippen molar-refractivity contribution in [3.8, 4) is 0 Å². The van der Waals surface area contributed by atoms with Crippen LogP contribution < -0.4 is 0 Å². The van der Waals surface area contributed by atoms with Gasteiger partial charge < -0.3 is 9.59 Å². The average molecular weight is 206 g/mol. The van der Waals surface area contributed by atoms with Crippen LogP contribution in [0.4, 0.5) is 0 Å². The van der Waals surface area contributed by atoms with Crippen molar-refractivity contribution in [2.75, 3.05) is 0 Å². The van der Waals surface area contributed by atoms with Crippen LogP contribution in [0.3, 0.4) is 0 Å². The van der Waals surface area contributed by atoms with E-state index in [9.17, 15) is 0 Å². The molecule has 0 unspecified atom stereocenters. The first kappa shape index (κ1) is 13.6. The minimum absolute atomic E-state index is 0.585. The van der Waals surface area contributed by atoms with Crippen molar-refractivity contribution in [1.29, 1.82) is 0 Å². The molecule has 1 aromatic rings. The summed E-state index contributed by atoms with van der Waals surface area (Å²) in [6.45, 7) is 6.29. The summed E-state index contributed by atoms with van der Waals surface area (Å²) < 4.78 is 0. The van der Waals surface area contributed by atoms with E-state index in [1.807, 2.05) is 13.6 Å². The minimum Gasteiger partial charge on any atom is -0.307 e. The predicted octanol–water partition coefficient (Wildman–Crippen LogP) is 2.76. The van der Waals surface area contributed by atoms with E-state index in [1.165, 1.54) is 19.3 Å². The standard InChI is InChI=1S/C11H14.2CH2O/c1-2-11(8-9-11)10-6-4-3-5-7-10;2*1-2/h3-7H,2,8-9H2,1H3;2*1H2. The van der Waals surface area contributed by atoms with Crippen LogP contribution in [0.25, 0.3) is 0 Å². The Bertz CT molecular complexity index is 263. The smallest absolute Gasteiger partial charge is 0.106 e. The van der Waals surface area contributed by atoms with Crippen LogP contribution >= 0.6 is 0 Å². The van der Waals surface area contributed by atoms with E-state index in [0.29, 0.717) is 5.41 Å². The van der Waals surface area contributed by atoms with Gasteiger partial charge in [0, 0.05) is 0 Å². The van der Waals surface area contributed by atoms with Crippen LogP contribution in [-0.2, 0) is 15.0 Å². The van der Waals surface area contributed by atoms with E-state index >= 15 is 0 Å². The molecule has 2 heteroatoms. The number of carbonyl (C=O) groups excluding carboxylic acids is 2. The monoisotopic (exact) mass is 206 g/mol. The van der Waals surface area contributed by atoms with Gasteiger partial charge in [-0.25, -0.2) is 0 Å². The van der Waals surface area contributed by atoms with Gasteiger partial charge in [0.25, 0.3) is 0 Å². The molecule has 0 saturated heterocycles. The van der Waals surface area contributed by atoms with Gasteiger partial charge in [-0.15, -0.1) is 0 Å². The number of benzene rings is 1. The van der Waals surface area contributed by atoms with Gasteiger partial charge in [0.2, 0.25) is 0 Å². The first-order chi connectivity index (χ1) is 7.37. The molecule has 1 fully saturated rings. The second kappa shape index (κ2) is 6.93. The third kappa shape index (κ3) is 3.31. The van der Waals surface area contributed by atoms with Crippen molar-refractivity contribution in [1.82, 2.24) is 0 Å². The lowest BCUT2D eigenvalue weighted by molar-refractivity contribution is -0.0987. The molecule has 0 bridgehead atoms. The van der Waals surface area contributed by atoms with Crippen molar-refractivity contribution >= 4 is 13.6 Å². The van der Waals surface area contributed by atoms with Crippen LogP contribution in [-0.4, -0.2) is 13.6 Å². The highest BCUT2D eigenvalue weighted by molar-refractivity contribution is 5.30. The summed E-state index contributed by atoms with van der Waals surface area (Å²) in [6, 6.07) is 10.9. The van der Waals surface area contributed by atoms with Gasteiger partial charge >= 0.3 is 0 Å². The minimum atomic E-state index is 0.585. The first-order valence-electron chi connectivity index (χ1n) is 5.01. The predicted molar refractivity (Wildman–Crippen MR) is 61.9 cm³/mol. The zero-order valence-electron chi connectivity index (χ0n) is 9.24. The Balaban J connectivity index is 0.000000442. The lowest BCUT2D eigenvalue weighted by Crippen LogP contribution is -2.02. The molecule has 2 rings (SSSR count). The highest BCUT2D eigenvalue weighted by Crippen LogP contribution is 2.50. The molecule has 15 heavy (non-hydrogen) atoms. The Kier molecular flexibility index (Phi) is 6.27. The zero-order valence-corrected chi connectivity index (χ0v) is 9.24. The molecule has 82 valence electrons. The fourth-order valence-corrected chi connectivity index (χ4v) is 1.79. The van der Waals surface area contributed by atoms with E-state index in [0.717, 1.165) is 0 Å². The molecular formula is C13H18O2. The first-order valence-corrected chi connectivity index (χ1v) is 5.01. The van der Waals surface area contributed by atoms with Gasteiger partial charge in [-0.05, 0) is 30.2 Å². The molecule has 0 atom stereocenters. The molecule has 1 aliphatic carbocycles. The highest BCUT2D eigenvalue weighted by atomic mass is 16.1. The summed E-state index contributed by atoms with van der Waals surface area (Å²) in [7, 11) is 0. The second-order valence-electron chi connectivity index (χ2n) is 3.50. The normalized spacial score (nSPS) is 15.0. The third-order valence-corrected chi connectivity index (χ3v) is 2.92. The van der Waals surface area contributed by atoms with Gasteiger partial charge in [-0.1, -0.05) is 37.3 Å². The van der Waals surface area contributed by atoms with Crippen LogP contribution in [0.5, 0.6) is 0 Å². The van der Waals surface area contributed by atoms with Gasteiger partial charge in [0.1, 0.15) is 13.6 Å². The average Bonchev–Trinajstić information content (AvgIpc) is 3.16. The molecule has 1 aromatic carbocycles. The van der Waals surface area contributed by atoms with Crippen molar-refractivity contribution < 1.29 is 9.59 Å². The Labute approximate surface area is 91.3 Å². The van der Waals surface area contributed by atoms with E-state index < -0.39 is 0 Å². The van der Waals surface area contributed by atoms with Crippen LogP contribution in [0.15, 0.2) is 30.3 Å². The Hall–Kier alpha value is -1.44. The fourth-order valence-electron chi connectivity index (χ4n) is 1.79. The number of hydrogen-bond donors (Lipinski definition) is 0. The van der Waals surface area contributed by atoms with E-state index in [4.69, 9.17) is 9.59 Å². The van der Waals surface area contributed by atoms with Crippen LogP contribution in [0.1, 0.15) is 31.7 Å². The molecule has 0 spiro atoms. The number of hydrogen-bond acceptors (Lipinski definition) is 2. The molecule has 0 heterocycles. The maximum Gasteiger partial charge on any atom is 0.106 e. The van der Waals surface area contributed by atoms with Crippen molar-refractivity contribution in [3.63, 3.8) is 0 Å². The largest absolute Gasteiger partial charge is 0.307 e. The zero-order chi connectivity index (χ0) is 11.7. The summed E-state index contributed by atoms with van der Waals surface area (Å²) in [6.07, 6.45) is 4.10. The quantitative estimate of drug-likeness (QED) is 0.745. The van der Waals surface area contributed by atoms with E-state index in [-0.39, 0.29) is 0 Å². The highest BCUT2D eigenvalue weighted by Gasteiger charge is 2.41. The SMILES string of the molecule is C=O.C=O.CCC1(c2ccccc2)CC1. The number of rotatable bonds is 2. The lowest BCUT2D eigenvalue weighted by Gasteiger charge is -2.11. The topological polar surface area (TPSA) is 34.1 Å². The maximum atomic E-state index is 8.00. The molecular weight excluding hydrogens is 188 g/mol. The van der Waals surface area contributed by atoms with Crippen LogP contribution in [0.2, 0.25) is 0 Å². The Morgan fingerprint density at radius 2 is 1.53 bits per heavy atom. The summed E-state index contributed by atoms with van der Waals surface area (Å²) in [4.78, 5) is 16.0. The summed E-state index contributed by atoms with van der Waals surface area (Å²) >= 11 is 0. The Morgan fingerprint density at radius 3 is 1.87 bits per heavy atom. The van der Waals surface area contributed by atoms with Crippen molar-refractivity contribution in [2.24, 2.45) is 0 Å². The summed E-state index contributed by atoms with van der Waals surface area (Å²) in [5, 5.41) is 0. The molecule has 0 aliphatic heterocycles. The summed E-state index contributed by atoms with van der Waals surface area (Å²) in [5.74, 6) is 0. The molecule has 0 amide bonds. The lowest BCUT2D eigenvalue weighted by atomic mass is 9.94.